The molecular formula is C10H18BrNO3. The van der Waals surface area contributed by atoms with E-state index in [9.17, 15) is 4.79 Å². The third kappa shape index (κ3) is 4.09. The minimum atomic E-state index is -0.219. The molecule has 0 aromatic heterocycles. The van der Waals surface area contributed by atoms with Crippen LogP contribution in [0.4, 0.5) is 0 Å². The number of alkyl halides is 1. The average molecular weight is 280 g/mol. The second kappa shape index (κ2) is 6.45. The minimum Gasteiger partial charge on any atom is -0.468 e. The monoisotopic (exact) mass is 279 g/mol. The van der Waals surface area contributed by atoms with E-state index < -0.39 is 0 Å². The number of nitrogens with zero attached hydrogens (tertiary/aromatic N) is 1. The Morgan fingerprint density at radius 2 is 2.33 bits per heavy atom. The molecular weight excluding hydrogens is 262 g/mol. The van der Waals surface area contributed by atoms with Crippen molar-refractivity contribution in [3.8, 4) is 0 Å². The van der Waals surface area contributed by atoms with Gasteiger partial charge < -0.3 is 14.4 Å². The lowest BCUT2D eigenvalue weighted by atomic mass is 10.1. The molecule has 1 rings (SSSR count). The number of carbonyl (C=O) groups excluding carboxylic acids is 1. The van der Waals surface area contributed by atoms with E-state index in [1.54, 1.807) is 7.11 Å². The van der Waals surface area contributed by atoms with Crippen LogP contribution in [-0.4, -0.2) is 56.2 Å². The van der Waals surface area contributed by atoms with Crippen LogP contribution in [0.25, 0.3) is 0 Å². The molecule has 0 saturated carbocycles. The van der Waals surface area contributed by atoms with Gasteiger partial charge in [0.15, 0.2) is 0 Å². The molecule has 15 heavy (non-hydrogen) atoms. The maximum absolute atomic E-state index is 11.2. The van der Waals surface area contributed by atoms with Crippen LogP contribution in [0.2, 0.25) is 0 Å². The van der Waals surface area contributed by atoms with Crippen LogP contribution in [0, 0.1) is 5.92 Å². The summed E-state index contributed by atoms with van der Waals surface area (Å²) in [6.45, 7) is 3.56. The summed E-state index contributed by atoms with van der Waals surface area (Å²) in [4.78, 5) is 13.2. The van der Waals surface area contributed by atoms with Crippen LogP contribution >= 0.6 is 15.9 Å². The SMILES string of the molecule is COCC1CCN(CC(Br)C(=O)OC)C1. The molecule has 1 aliphatic rings. The zero-order valence-corrected chi connectivity index (χ0v) is 10.8. The molecule has 0 bridgehead atoms. The van der Waals surface area contributed by atoms with Gasteiger partial charge in [0.1, 0.15) is 4.83 Å². The number of ether oxygens (including phenoxy) is 2. The summed E-state index contributed by atoms with van der Waals surface area (Å²) in [5.74, 6) is 0.400. The first kappa shape index (κ1) is 12.9. The van der Waals surface area contributed by atoms with Crippen molar-refractivity contribution in [1.29, 1.82) is 0 Å². The molecule has 0 spiro atoms. The number of methoxy groups -OCH3 is 2. The van der Waals surface area contributed by atoms with Gasteiger partial charge >= 0.3 is 5.97 Å². The Kier molecular flexibility index (Phi) is 5.56. The normalized spacial score (nSPS) is 24.1. The quantitative estimate of drug-likeness (QED) is 0.554. The number of halogens is 1. The van der Waals surface area contributed by atoms with Crippen molar-refractivity contribution in [3.63, 3.8) is 0 Å². The molecule has 1 heterocycles. The van der Waals surface area contributed by atoms with E-state index in [4.69, 9.17) is 4.74 Å². The fourth-order valence-electron chi connectivity index (χ4n) is 1.88. The molecule has 0 radical (unpaired) electrons. The second-order valence-electron chi connectivity index (χ2n) is 3.86. The van der Waals surface area contributed by atoms with Crippen molar-refractivity contribution in [3.05, 3.63) is 0 Å². The van der Waals surface area contributed by atoms with E-state index >= 15 is 0 Å². The number of rotatable bonds is 5. The molecule has 0 N–H and O–H groups in total. The van der Waals surface area contributed by atoms with Gasteiger partial charge in [-0.05, 0) is 18.9 Å². The van der Waals surface area contributed by atoms with Crippen LogP contribution in [0.1, 0.15) is 6.42 Å². The van der Waals surface area contributed by atoms with Crippen molar-refractivity contribution < 1.29 is 14.3 Å². The molecule has 1 saturated heterocycles. The molecule has 0 aromatic carbocycles. The van der Waals surface area contributed by atoms with Gasteiger partial charge in [-0.25, -0.2) is 0 Å². The lowest BCUT2D eigenvalue weighted by Gasteiger charge is -2.18. The van der Waals surface area contributed by atoms with E-state index in [-0.39, 0.29) is 10.8 Å². The van der Waals surface area contributed by atoms with Crippen LogP contribution in [0.15, 0.2) is 0 Å². The molecule has 2 unspecified atom stereocenters. The van der Waals surface area contributed by atoms with Gasteiger partial charge in [0.05, 0.1) is 13.7 Å². The van der Waals surface area contributed by atoms with E-state index in [2.05, 4.69) is 25.6 Å². The summed E-state index contributed by atoms with van der Waals surface area (Å²) in [7, 11) is 3.14. The first-order valence-electron chi connectivity index (χ1n) is 5.10. The Morgan fingerprint density at radius 1 is 1.60 bits per heavy atom. The summed E-state index contributed by atoms with van der Waals surface area (Å²) in [5.41, 5.74) is 0. The standard InChI is InChI=1S/C10H18BrNO3/c1-14-7-8-3-4-12(5-8)6-9(11)10(13)15-2/h8-9H,3-7H2,1-2H3. The summed E-state index contributed by atoms with van der Waals surface area (Å²) in [5, 5.41) is 0. The Morgan fingerprint density at radius 3 is 2.93 bits per heavy atom. The summed E-state index contributed by atoms with van der Waals surface area (Å²) in [6, 6.07) is 0. The maximum atomic E-state index is 11.2. The van der Waals surface area contributed by atoms with Gasteiger partial charge in [0, 0.05) is 20.2 Å². The van der Waals surface area contributed by atoms with Crippen molar-refractivity contribution in [2.45, 2.75) is 11.2 Å². The topological polar surface area (TPSA) is 38.8 Å². The summed E-state index contributed by atoms with van der Waals surface area (Å²) in [6.07, 6.45) is 1.15. The first-order valence-corrected chi connectivity index (χ1v) is 6.02. The van der Waals surface area contributed by atoms with Crippen molar-refractivity contribution >= 4 is 21.9 Å². The number of carbonyl (C=O) groups is 1. The zero-order chi connectivity index (χ0) is 11.3. The van der Waals surface area contributed by atoms with Crippen LogP contribution < -0.4 is 0 Å². The van der Waals surface area contributed by atoms with Gasteiger partial charge in [0.2, 0.25) is 0 Å². The predicted octanol–water partition coefficient (Wildman–Crippen LogP) is 0.891. The van der Waals surface area contributed by atoms with E-state index in [1.807, 2.05) is 0 Å². The van der Waals surface area contributed by atoms with E-state index in [0.29, 0.717) is 12.5 Å². The number of likely N-dealkylation sites (tertiary alicyclic amines) is 1. The van der Waals surface area contributed by atoms with Gasteiger partial charge in [-0.3, -0.25) is 4.79 Å². The lowest BCUT2D eigenvalue weighted by Crippen LogP contribution is -2.33. The van der Waals surface area contributed by atoms with Gasteiger partial charge in [0.25, 0.3) is 0 Å². The highest BCUT2D eigenvalue weighted by Gasteiger charge is 2.26. The van der Waals surface area contributed by atoms with Crippen LogP contribution in [0.5, 0.6) is 0 Å². The molecule has 0 aromatic rings. The highest BCUT2D eigenvalue weighted by molar-refractivity contribution is 9.10. The molecule has 0 amide bonds. The predicted molar refractivity (Wildman–Crippen MR) is 61.2 cm³/mol. The fourth-order valence-corrected chi connectivity index (χ4v) is 2.48. The van der Waals surface area contributed by atoms with Crippen LogP contribution in [-0.2, 0) is 14.3 Å². The Labute approximate surface area is 99.0 Å². The van der Waals surface area contributed by atoms with Crippen molar-refractivity contribution in [1.82, 2.24) is 4.90 Å². The molecule has 5 heteroatoms. The molecule has 1 aliphatic heterocycles. The Bertz CT molecular complexity index is 213. The third-order valence-corrected chi connectivity index (χ3v) is 3.31. The second-order valence-corrected chi connectivity index (χ2v) is 4.97. The number of hydrogen-bond donors (Lipinski definition) is 0. The molecule has 2 atom stereocenters. The largest absolute Gasteiger partial charge is 0.468 e. The molecule has 4 nitrogen and oxygen atoms in total. The molecule has 1 fully saturated rings. The number of hydrogen-bond acceptors (Lipinski definition) is 4. The Balaban J connectivity index is 2.26. The van der Waals surface area contributed by atoms with Gasteiger partial charge in [-0.15, -0.1) is 0 Å². The van der Waals surface area contributed by atoms with Crippen LogP contribution in [0.3, 0.4) is 0 Å². The van der Waals surface area contributed by atoms with E-state index in [1.165, 1.54) is 7.11 Å². The molecule has 0 aliphatic carbocycles. The smallest absolute Gasteiger partial charge is 0.320 e. The van der Waals surface area contributed by atoms with E-state index in [0.717, 1.165) is 26.1 Å². The highest BCUT2D eigenvalue weighted by Crippen LogP contribution is 2.18. The fraction of sp³-hybridized carbons (Fsp3) is 0.900. The molecule has 88 valence electrons. The van der Waals surface area contributed by atoms with Gasteiger partial charge in [-0.2, -0.15) is 0 Å². The van der Waals surface area contributed by atoms with Crippen molar-refractivity contribution in [2.24, 2.45) is 5.92 Å². The number of esters is 1. The average Bonchev–Trinajstić information content (AvgIpc) is 2.65. The summed E-state index contributed by atoms with van der Waals surface area (Å²) >= 11 is 3.32. The zero-order valence-electron chi connectivity index (χ0n) is 9.24. The highest BCUT2D eigenvalue weighted by atomic mass is 79.9. The first-order chi connectivity index (χ1) is 7.17. The van der Waals surface area contributed by atoms with Crippen molar-refractivity contribution in [2.75, 3.05) is 40.5 Å². The third-order valence-electron chi connectivity index (χ3n) is 2.65. The lowest BCUT2D eigenvalue weighted by molar-refractivity contribution is -0.140. The minimum absolute atomic E-state index is 0.204. The maximum Gasteiger partial charge on any atom is 0.320 e. The summed E-state index contributed by atoms with van der Waals surface area (Å²) < 4.78 is 9.78. The van der Waals surface area contributed by atoms with Gasteiger partial charge in [-0.1, -0.05) is 15.9 Å². The Hall–Kier alpha value is -0.130.